The van der Waals surface area contributed by atoms with Crippen molar-refractivity contribution in [3.63, 3.8) is 0 Å². The van der Waals surface area contributed by atoms with E-state index in [1.54, 1.807) is 18.3 Å². The summed E-state index contributed by atoms with van der Waals surface area (Å²) in [6.07, 6.45) is 3.10. The van der Waals surface area contributed by atoms with E-state index in [1.807, 2.05) is 6.92 Å². The van der Waals surface area contributed by atoms with E-state index in [2.05, 4.69) is 15.3 Å². The van der Waals surface area contributed by atoms with Crippen molar-refractivity contribution in [3.05, 3.63) is 48.0 Å². The molecule has 0 radical (unpaired) electrons. The predicted octanol–water partition coefficient (Wildman–Crippen LogP) is 2.37. The molecule has 1 aromatic heterocycles. The zero-order chi connectivity index (χ0) is 12.3. The zero-order valence-electron chi connectivity index (χ0n) is 9.39. The minimum absolute atomic E-state index is 0.0189. The molecule has 17 heavy (non-hydrogen) atoms. The number of nitrogens with one attached hydrogen (secondary N) is 1. The molecule has 0 bridgehead atoms. The lowest BCUT2D eigenvalue weighted by atomic mass is 10.1. The number of benzene rings is 1. The smallest absolute Gasteiger partial charge is 0.169 e. The first-order chi connectivity index (χ1) is 8.16. The van der Waals surface area contributed by atoms with Crippen LogP contribution in [0.1, 0.15) is 18.5 Å². The molecule has 88 valence electrons. The second-order valence-electron chi connectivity index (χ2n) is 3.71. The number of hydrogen-bond acceptors (Lipinski definition) is 4. The predicted molar refractivity (Wildman–Crippen MR) is 64.9 cm³/mol. The molecule has 0 aliphatic heterocycles. The van der Waals surface area contributed by atoms with Crippen LogP contribution >= 0.6 is 0 Å². The molecule has 3 N–H and O–H groups in total. The maximum Gasteiger partial charge on any atom is 0.169 e. The molecule has 1 unspecified atom stereocenters. The Morgan fingerprint density at radius 1 is 1.18 bits per heavy atom. The second kappa shape index (κ2) is 4.78. The minimum atomic E-state index is -0.250. The van der Waals surface area contributed by atoms with E-state index in [4.69, 9.17) is 5.73 Å². The first-order valence-corrected chi connectivity index (χ1v) is 5.25. The van der Waals surface area contributed by atoms with Gasteiger partial charge in [-0.25, -0.2) is 14.4 Å². The van der Waals surface area contributed by atoms with Gasteiger partial charge in [0.25, 0.3) is 0 Å². The summed E-state index contributed by atoms with van der Waals surface area (Å²) in [7, 11) is 0. The molecule has 1 heterocycles. The van der Waals surface area contributed by atoms with E-state index in [0.717, 1.165) is 5.56 Å². The molecule has 0 fully saturated rings. The molecule has 2 rings (SSSR count). The summed E-state index contributed by atoms with van der Waals surface area (Å²) in [6.45, 7) is 1.95. The fourth-order valence-electron chi connectivity index (χ4n) is 1.50. The van der Waals surface area contributed by atoms with Crippen LogP contribution in [0.15, 0.2) is 36.7 Å². The molecule has 1 aromatic carbocycles. The molecule has 2 aromatic rings. The third-order valence-electron chi connectivity index (χ3n) is 2.45. The molecule has 1 atom stereocenters. The highest BCUT2D eigenvalue weighted by atomic mass is 19.1. The van der Waals surface area contributed by atoms with E-state index in [1.165, 1.54) is 18.3 Å². The van der Waals surface area contributed by atoms with E-state index >= 15 is 0 Å². The number of nitrogens with two attached hydrogens (primary N) is 1. The summed E-state index contributed by atoms with van der Waals surface area (Å²) in [4.78, 5) is 8.02. The SMILES string of the molecule is CC(Nc1nccnc1N)c1ccc(F)cc1. The maximum absolute atomic E-state index is 12.8. The Balaban J connectivity index is 2.14. The van der Waals surface area contributed by atoms with Gasteiger partial charge >= 0.3 is 0 Å². The van der Waals surface area contributed by atoms with Gasteiger partial charge < -0.3 is 11.1 Å². The van der Waals surface area contributed by atoms with Gasteiger partial charge in [0.1, 0.15) is 5.82 Å². The van der Waals surface area contributed by atoms with Crippen LogP contribution in [0, 0.1) is 5.82 Å². The average Bonchev–Trinajstić information content (AvgIpc) is 2.33. The summed E-state index contributed by atoms with van der Waals surface area (Å²) >= 11 is 0. The lowest BCUT2D eigenvalue weighted by molar-refractivity contribution is 0.626. The van der Waals surface area contributed by atoms with E-state index in [9.17, 15) is 4.39 Å². The lowest BCUT2D eigenvalue weighted by Gasteiger charge is -2.15. The second-order valence-corrected chi connectivity index (χ2v) is 3.71. The van der Waals surface area contributed by atoms with Crippen molar-refractivity contribution in [2.24, 2.45) is 0 Å². The molecular weight excluding hydrogens is 219 g/mol. The molecule has 0 saturated heterocycles. The van der Waals surface area contributed by atoms with Crippen molar-refractivity contribution >= 4 is 11.6 Å². The van der Waals surface area contributed by atoms with Gasteiger partial charge in [-0.05, 0) is 24.6 Å². The van der Waals surface area contributed by atoms with Gasteiger partial charge in [0, 0.05) is 12.4 Å². The van der Waals surface area contributed by atoms with Crippen molar-refractivity contribution in [1.82, 2.24) is 9.97 Å². The minimum Gasteiger partial charge on any atom is -0.381 e. The number of rotatable bonds is 3. The molecule has 5 heteroatoms. The molecule has 0 aliphatic carbocycles. The van der Waals surface area contributed by atoms with Crippen LogP contribution < -0.4 is 11.1 Å². The summed E-state index contributed by atoms with van der Waals surface area (Å²) in [5, 5.41) is 3.12. The van der Waals surface area contributed by atoms with Gasteiger partial charge in [0.2, 0.25) is 0 Å². The fraction of sp³-hybridized carbons (Fsp3) is 0.167. The summed E-state index contributed by atoms with van der Waals surface area (Å²) < 4.78 is 12.8. The van der Waals surface area contributed by atoms with Crippen LogP contribution in [0.4, 0.5) is 16.0 Å². The van der Waals surface area contributed by atoms with Crippen molar-refractivity contribution < 1.29 is 4.39 Å². The van der Waals surface area contributed by atoms with Gasteiger partial charge in [-0.2, -0.15) is 0 Å². The highest BCUT2D eigenvalue weighted by molar-refractivity contribution is 5.56. The molecule has 0 aliphatic rings. The number of halogens is 1. The Bertz CT molecular complexity index is 498. The van der Waals surface area contributed by atoms with Crippen LogP contribution in [0.25, 0.3) is 0 Å². The van der Waals surface area contributed by atoms with Crippen LogP contribution in [-0.2, 0) is 0 Å². The first-order valence-electron chi connectivity index (χ1n) is 5.25. The highest BCUT2D eigenvalue weighted by Crippen LogP contribution is 2.20. The standard InChI is InChI=1S/C12H13FN4/c1-8(9-2-4-10(13)5-3-9)17-12-11(14)15-6-7-16-12/h2-8H,1H3,(H2,14,15)(H,16,17). The Labute approximate surface area is 98.7 Å². The monoisotopic (exact) mass is 232 g/mol. The van der Waals surface area contributed by atoms with Gasteiger partial charge in [0.05, 0.1) is 6.04 Å². The number of nitrogen functional groups attached to an aromatic ring is 1. The Kier molecular flexibility index (Phi) is 3.18. The number of aromatic nitrogens is 2. The summed E-state index contributed by atoms with van der Waals surface area (Å²) in [5.74, 6) is 0.630. The number of nitrogens with zero attached hydrogens (tertiary/aromatic N) is 2. The Morgan fingerprint density at radius 2 is 1.82 bits per heavy atom. The highest BCUT2D eigenvalue weighted by Gasteiger charge is 2.08. The van der Waals surface area contributed by atoms with Crippen LogP contribution in [-0.4, -0.2) is 9.97 Å². The van der Waals surface area contributed by atoms with Crippen molar-refractivity contribution in [1.29, 1.82) is 0 Å². The fourth-order valence-corrected chi connectivity index (χ4v) is 1.50. The largest absolute Gasteiger partial charge is 0.381 e. The molecule has 4 nitrogen and oxygen atoms in total. The normalized spacial score (nSPS) is 12.1. The average molecular weight is 232 g/mol. The molecular formula is C12H13FN4. The van der Waals surface area contributed by atoms with Crippen molar-refractivity contribution in [2.45, 2.75) is 13.0 Å². The lowest BCUT2D eigenvalue weighted by Crippen LogP contribution is -2.10. The molecule has 0 amide bonds. The van der Waals surface area contributed by atoms with Crippen LogP contribution in [0.2, 0.25) is 0 Å². The van der Waals surface area contributed by atoms with E-state index in [0.29, 0.717) is 11.6 Å². The topological polar surface area (TPSA) is 63.8 Å². The number of anilines is 2. The van der Waals surface area contributed by atoms with E-state index < -0.39 is 0 Å². The third kappa shape index (κ3) is 2.69. The van der Waals surface area contributed by atoms with Crippen LogP contribution in [0.3, 0.4) is 0 Å². The zero-order valence-corrected chi connectivity index (χ0v) is 9.39. The molecule has 0 saturated carbocycles. The Hall–Kier alpha value is -2.17. The van der Waals surface area contributed by atoms with Crippen LogP contribution in [0.5, 0.6) is 0 Å². The summed E-state index contributed by atoms with van der Waals surface area (Å²) in [5.41, 5.74) is 6.63. The first kappa shape index (κ1) is 11.3. The maximum atomic E-state index is 12.8. The summed E-state index contributed by atoms with van der Waals surface area (Å²) in [6, 6.07) is 6.27. The van der Waals surface area contributed by atoms with Gasteiger partial charge in [-0.15, -0.1) is 0 Å². The van der Waals surface area contributed by atoms with Gasteiger partial charge in [-0.1, -0.05) is 12.1 Å². The quantitative estimate of drug-likeness (QED) is 0.852. The Morgan fingerprint density at radius 3 is 2.47 bits per heavy atom. The van der Waals surface area contributed by atoms with Gasteiger partial charge in [0.15, 0.2) is 11.6 Å². The third-order valence-corrected chi connectivity index (χ3v) is 2.45. The van der Waals surface area contributed by atoms with E-state index in [-0.39, 0.29) is 11.9 Å². The molecule has 0 spiro atoms. The van der Waals surface area contributed by atoms with Crippen molar-refractivity contribution in [3.8, 4) is 0 Å². The van der Waals surface area contributed by atoms with Crippen molar-refractivity contribution in [2.75, 3.05) is 11.1 Å². The van der Waals surface area contributed by atoms with Gasteiger partial charge in [-0.3, -0.25) is 0 Å². The number of hydrogen-bond donors (Lipinski definition) is 2.